The van der Waals surface area contributed by atoms with Gasteiger partial charge in [0.1, 0.15) is 5.75 Å². The molecule has 26 heavy (non-hydrogen) atoms. The third kappa shape index (κ3) is 5.24. The Labute approximate surface area is 160 Å². The van der Waals surface area contributed by atoms with Crippen LogP contribution >= 0.6 is 11.8 Å². The lowest BCUT2D eigenvalue weighted by Crippen LogP contribution is -2.39. The molecule has 138 valence electrons. The van der Waals surface area contributed by atoms with Gasteiger partial charge >= 0.3 is 0 Å². The lowest BCUT2D eigenvalue weighted by Gasteiger charge is -2.32. The molecule has 1 amide bonds. The normalized spacial score (nSPS) is 15.3. The summed E-state index contributed by atoms with van der Waals surface area (Å²) < 4.78 is 5.64. The van der Waals surface area contributed by atoms with Gasteiger partial charge in [0.25, 0.3) is 5.91 Å². The van der Waals surface area contributed by atoms with Crippen LogP contribution in [-0.2, 0) is 0 Å². The van der Waals surface area contributed by atoms with Crippen molar-refractivity contribution >= 4 is 17.7 Å². The molecule has 1 saturated heterocycles. The maximum Gasteiger partial charge on any atom is 0.253 e. The second kappa shape index (κ2) is 9.08. The molecule has 1 aromatic carbocycles. The minimum Gasteiger partial charge on any atom is -0.491 e. The Bertz CT molecular complexity index is 696. The third-order valence-electron chi connectivity index (χ3n) is 4.48. The summed E-state index contributed by atoms with van der Waals surface area (Å²) >= 11 is 1.81. The van der Waals surface area contributed by atoms with Crippen LogP contribution in [0.3, 0.4) is 0 Å². The molecule has 0 bridgehead atoms. The van der Waals surface area contributed by atoms with Gasteiger partial charge in [0.2, 0.25) is 0 Å². The number of ether oxygens (including phenoxy) is 1. The number of rotatable bonds is 6. The zero-order valence-corrected chi connectivity index (χ0v) is 16.2. The summed E-state index contributed by atoms with van der Waals surface area (Å²) in [5.41, 5.74) is 0.738. The number of carbonyl (C=O) groups excluding carboxylic acids is 1. The van der Waals surface area contributed by atoms with Crippen molar-refractivity contribution in [1.82, 2.24) is 9.88 Å². The minimum atomic E-state index is 0.122. The summed E-state index contributed by atoms with van der Waals surface area (Å²) in [6.07, 6.45) is 4.08. The molecule has 2 aromatic rings. The number of benzene rings is 1. The second-order valence-electron chi connectivity index (χ2n) is 6.91. The molecule has 0 saturated carbocycles. The zero-order chi connectivity index (χ0) is 18.4. The van der Waals surface area contributed by atoms with Crippen molar-refractivity contribution in [3.05, 3.63) is 54.2 Å². The highest BCUT2D eigenvalue weighted by Gasteiger charge is 2.23. The third-order valence-corrected chi connectivity index (χ3v) is 5.65. The molecule has 0 unspecified atom stereocenters. The molecular formula is C21H26N2O2S. The average Bonchev–Trinajstić information content (AvgIpc) is 2.67. The number of hydrogen-bond acceptors (Lipinski definition) is 4. The Morgan fingerprint density at radius 2 is 1.92 bits per heavy atom. The number of hydrogen-bond donors (Lipinski definition) is 0. The van der Waals surface area contributed by atoms with Crippen LogP contribution in [0, 0.1) is 5.92 Å². The van der Waals surface area contributed by atoms with Gasteiger partial charge in [-0.05, 0) is 69.0 Å². The monoisotopic (exact) mass is 370 g/mol. The maximum atomic E-state index is 12.7. The van der Waals surface area contributed by atoms with Crippen molar-refractivity contribution in [3.63, 3.8) is 0 Å². The number of likely N-dealkylation sites (tertiary alicyclic amines) is 1. The Balaban J connectivity index is 1.47. The van der Waals surface area contributed by atoms with Crippen LogP contribution in [0.4, 0.5) is 0 Å². The van der Waals surface area contributed by atoms with Crippen LogP contribution in [0.2, 0.25) is 0 Å². The van der Waals surface area contributed by atoms with Crippen molar-refractivity contribution in [3.8, 4) is 5.75 Å². The summed E-state index contributed by atoms with van der Waals surface area (Å²) in [5.74, 6) is 2.65. The Morgan fingerprint density at radius 1 is 1.19 bits per heavy atom. The molecule has 4 nitrogen and oxygen atoms in total. The molecule has 1 aliphatic rings. The number of piperidine rings is 1. The fraction of sp³-hybridized carbons (Fsp3) is 0.429. The van der Waals surface area contributed by atoms with Crippen molar-refractivity contribution in [2.45, 2.75) is 37.8 Å². The fourth-order valence-electron chi connectivity index (χ4n) is 3.07. The van der Waals surface area contributed by atoms with Gasteiger partial charge in [0, 0.05) is 30.6 Å². The van der Waals surface area contributed by atoms with Crippen molar-refractivity contribution < 1.29 is 9.53 Å². The van der Waals surface area contributed by atoms with Crippen molar-refractivity contribution in [2.75, 3.05) is 18.8 Å². The van der Waals surface area contributed by atoms with Gasteiger partial charge < -0.3 is 9.64 Å². The van der Waals surface area contributed by atoms with E-state index in [1.807, 2.05) is 73.1 Å². The average molecular weight is 371 g/mol. The highest BCUT2D eigenvalue weighted by molar-refractivity contribution is 7.99. The van der Waals surface area contributed by atoms with Crippen molar-refractivity contribution in [2.24, 2.45) is 5.92 Å². The summed E-state index contributed by atoms with van der Waals surface area (Å²) in [6, 6.07) is 13.5. The zero-order valence-electron chi connectivity index (χ0n) is 15.4. The van der Waals surface area contributed by atoms with Crippen LogP contribution in [0.15, 0.2) is 53.7 Å². The molecule has 1 aliphatic heterocycles. The molecule has 2 heterocycles. The van der Waals surface area contributed by atoms with Crippen LogP contribution in [0.1, 0.15) is 37.0 Å². The van der Waals surface area contributed by atoms with Gasteiger partial charge in [-0.25, -0.2) is 4.98 Å². The fourth-order valence-corrected chi connectivity index (χ4v) is 4.12. The minimum absolute atomic E-state index is 0.122. The predicted octanol–water partition coefficient (Wildman–Crippen LogP) is 4.51. The van der Waals surface area contributed by atoms with Crippen LogP contribution < -0.4 is 4.74 Å². The van der Waals surface area contributed by atoms with Gasteiger partial charge in [-0.15, -0.1) is 11.8 Å². The molecule has 5 heteroatoms. The van der Waals surface area contributed by atoms with E-state index in [9.17, 15) is 4.79 Å². The van der Waals surface area contributed by atoms with E-state index in [4.69, 9.17) is 4.74 Å². The largest absolute Gasteiger partial charge is 0.491 e. The van der Waals surface area contributed by atoms with Gasteiger partial charge in [0.15, 0.2) is 0 Å². The molecule has 0 aliphatic carbocycles. The number of aromatic nitrogens is 1. The van der Waals surface area contributed by atoms with E-state index in [1.165, 1.54) is 0 Å². The molecule has 1 aromatic heterocycles. The van der Waals surface area contributed by atoms with Gasteiger partial charge in [0.05, 0.1) is 11.1 Å². The first-order valence-electron chi connectivity index (χ1n) is 9.21. The predicted molar refractivity (Wildman–Crippen MR) is 106 cm³/mol. The number of amides is 1. The Hall–Kier alpha value is -2.01. The Morgan fingerprint density at radius 3 is 2.54 bits per heavy atom. The van der Waals surface area contributed by atoms with Crippen LogP contribution in [0.5, 0.6) is 5.75 Å². The SMILES string of the molecule is CC(C)Oc1ccc(C(=O)N2CCC(CSc3ccccn3)CC2)cc1. The maximum absolute atomic E-state index is 12.7. The molecule has 0 spiro atoms. The lowest BCUT2D eigenvalue weighted by molar-refractivity contribution is 0.0698. The van der Waals surface area contributed by atoms with E-state index in [2.05, 4.69) is 11.1 Å². The quantitative estimate of drug-likeness (QED) is 0.702. The first-order chi connectivity index (χ1) is 12.6. The lowest BCUT2D eigenvalue weighted by atomic mass is 9.98. The first-order valence-corrected chi connectivity index (χ1v) is 10.2. The number of thioether (sulfide) groups is 1. The van der Waals surface area contributed by atoms with Gasteiger partial charge in [-0.2, -0.15) is 0 Å². The van der Waals surface area contributed by atoms with Gasteiger partial charge in [-0.1, -0.05) is 6.07 Å². The van der Waals surface area contributed by atoms with E-state index < -0.39 is 0 Å². The highest BCUT2D eigenvalue weighted by Crippen LogP contribution is 2.26. The van der Waals surface area contributed by atoms with E-state index in [0.29, 0.717) is 5.92 Å². The molecule has 0 radical (unpaired) electrons. The van der Waals surface area contributed by atoms with E-state index in [1.54, 1.807) is 0 Å². The molecule has 0 atom stereocenters. The summed E-state index contributed by atoms with van der Waals surface area (Å²) in [6.45, 7) is 5.65. The summed E-state index contributed by atoms with van der Waals surface area (Å²) in [5, 5.41) is 1.08. The van der Waals surface area contributed by atoms with Crippen molar-refractivity contribution in [1.29, 1.82) is 0 Å². The van der Waals surface area contributed by atoms with E-state index >= 15 is 0 Å². The molecule has 0 N–H and O–H groups in total. The summed E-state index contributed by atoms with van der Waals surface area (Å²) in [4.78, 5) is 19.0. The smallest absolute Gasteiger partial charge is 0.253 e. The number of pyridine rings is 1. The molecular weight excluding hydrogens is 344 g/mol. The topological polar surface area (TPSA) is 42.4 Å². The summed E-state index contributed by atoms with van der Waals surface area (Å²) in [7, 11) is 0. The Kier molecular flexibility index (Phi) is 6.56. The van der Waals surface area contributed by atoms with Gasteiger partial charge in [-0.3, -0.25) is 4.79 Å². The highest BCUT2D eigenvalue weighted by atomic mass is 32.2. The van der Waals surface area contributed by atoms with E-state index in [-0.39, 0.29) is 12.0 Å². The second-order valence-corrected chi connectivity index (χ2v) is 7.95. The van der Waals surface area contributed by atoms with Crippen LogP contribution in [-0.4, -0.2) is 40.7 Å². The number of carbonyl (C=O) groups is 1. The molecule has 1 fully saturated rings. The number of nitrogens with zero attached hydrogens (tertiary/aromatic N) is 2. The van der Waals surface area contributed by atoms with E-state index in [0.717, 1.165) is 48.0 Å². The molecule has 3 rings (SSSR count). The standard InChI is InChI=1S/C21H26N2O2S/c1-16(2)25-19-8-6-18(7-9-19)21(24)23-13-10-17(11-14-23)15-26-20-5-3-4-12-22-20/h3-9,12,16-17H,10-11,13-15H2,1-2H3. The first kappa shape index (κ1) is 18.8. The van der Waals surface area contributed by atoms with Crippen LogP contribution in [0.25, 0.3) is 0 Å².